The van der Waals surface area contributed by atoms with Crippen molar-refractivity contribution in [2.75, 3.05) is 12.3 Å². The van der Waals surface area contributed by atoms with E-state index in [-0.39, 0.29) is 66.4 Å². The number of nitrogens with zero attached hydrogens (tertiary/aromatic N) is 6. The molecule has 3 aromatic carbocycles. The van der Waals surface area contributed by atoms with Gasteiger partial charge >= 0.3 is 35.5 Å². The summed E-state index contributed by atoms with van der Waals surface area (Å²) >= 11 is 1.04. The summed E-state index contributed by atoms with van der Waals surface area (Å²) in [6.45, 7) is -0.156. The van der Waals surface area contributed by atoms with Gasteiger partial charge in [0.1, 0.15) is 30.5 Å². The average molecular weight is 678 g/mol. The van der Waals surface area contributed by atoms with E-state index >= 15 is 0 Å². The van der Waals surface area contributed by atoms with Crippen LogP contribution < -0.4 is 35.0 Å². The first-order chi connectivity index (χ1) is 22.9. The number of hydrogen-bond donors (Lipinski definition) is 2. The van der Waals surface area contributed by atoms with Gasteiger partial charge in [0.15, 0.2) is 11.3 Å². The Morgan fingerprint density at radius 2 is 1.60 bits per heavy atom. The number of β-lactam (4-membered cyclic amide) rings is 1. The number of thioether (sulfide) groups is 1. The Hall–Kier alpha value is -4.54. The van der Waals surface area contributed by atoms with E-state index in [2.05, 4.69) is 21.0 Å². The summed E-state index contributed by atoms with van der Waals surface area (Å²) in [5.41, 5.74) is 3.51. The Morgan fingerprint density at radius 3 is 2.15 bits per heavy atom. The van der Waals surface area contributed by atoms with E-state index in [1.54, 1.807) is 0 Å². The van der Waals surface area contributed by atoms with E-state index in [1.807, 2.05) is 91.0 Å². The maximum atomic E-state index is 13.4. The first-order valence-electron chi connectivity index (χ1n) is 14.6. The Morgan fingerprint density at radius 1 is 1.02 bits per heavy atom. The number of hydrogen-bond acceptors (Lipinski definition) is 10. The molecule has 16 heteroatoms. The predicted octanol–water partition coefficient (Wildman–Crippen LogP) is -1.33. The number of amides is 3. The van der Waals surface area contributed by atoms with Crippen LogP contribution in [0.3, 0.4) is 0 Å². The molecule has 2 N–H and O–H groups in total. The molecule has 1 aromatic heterocycles. The fourth-order valence-electron chi connectivity index (χ4n) is 6.33. The minimum Gasteiger partial charge on any atom is -1.00 e. The zero-order valence-electron chi connectivity index (χ0n) is 26.6. The number of carboxylic acid groups (broad SMARTS) is 1. The quantitative estimate of drug-likeness (QED) is 0.0455. The number of carbonyl (C=O) groups excluding carboxylic acids is 3. The van der Waals surface area contributed by atoms with Gasteiger partial charge < -0.3 is 16.2 Å². The van der Waals surface area contributed by atoms with Crippen LogP contribution in [0.4, 0.5) is 0 Å². The summed E-state index contributed by atoms with van der Waals surface area (Å²) < 4.78 is 7.24. The fraction of sp³-hybridized carbons (Fsp3) is 0.219. The number of nitrogens with one attached hydrogen (secondary N) is 1. The van der Waals surface area contributed by atoms with Crippen LogP contribution in [-0.4, -0.2) is 89.8 Å². The largest absolute Gasteiger partial charge is 1.00 e. The zero-order valence-corrected chi connectivity index (χ0v) is 28.4. The zero-order chi connectivity index (χ0) is 32.5. The van der Waals surface area contributed by atoms with Gasteiger partial charge in [-0.3, -0.25) is 24.1 Å². The number of rotatable bonds is 12. The second-order valence-electron chi connectivity index (χ2n) is 11.0. The van der Waals surface area contributed by atoms with E-state index in [9.17, 15) is 24.3 Å². The number of aromatic nitrogens is 4. The Balaban J connectivity index is 0.00000234. The molecule has 0 bridgehead atoms. The van der Waals surface area contributed by atoms with Gasteiger partial charge in [0.25, 0.3) is 11.8 Å². The standard InChI is InChI=1S/C32H27N7O7S.Na.H/c40-19-37-16-23-26-28(37)29(42)39(26)27(30(43)44)24(45-23)18-47-31-33-35-36-38(31)17-25(41)34-46-32(20-10-4-1-5-11-20,21-12-6-2-7-13-21)22-14-8-3-9-15-22;;/h1-15,19,23,26,28H,16-18H2,(H,34,41)(H,43,44);;/q;+1;-1/t23-,26-,28+;;/m1../s1. The van der Waals surface area contributed by atoms with E-state index in [0.717, 1.165) is 28.5 Å². The summed E-state index contributed by atoms with van der Waals surface area (Å²) in [5, 5.41) is 21.8. The van der Waals surface area contributed by atoms with Gasteiger partial charge in [-0.15, -0.1) is 5.10 Å². The van der Waals surface area contributed by atoms with Crippen molar-refractivity contribution in [1.29, 1.82) is 0 Å². The average Bonchev–Trinajstić information content (AvgIpc) is 3.70. The molecule has 240 valence electrons. The summed E-state index contributed by atoms with van der Waals surface area (Å²) in [5.74, 6) is -2.34. The number of aliphatic carboxylic acids is 1. The van der Waals surface area contributed by atoms with Crippen LogP contribution in [-0.2, 0) is 40.9 Å². The number of hydroxylamine groups is 1. The number of likely N-dealkylation sites (tertiary alicyclic amines) is 1. The van der Waals surface area contributed by atoms with E-state index in [1.165, 1.54) is 14.5 Å². The van der Waals surface area contributed by atoms with Crippen LogP contribution in [0.25, 0.3) is 0 Å². The van der Waals surface area contributed by atoms with Gasteiger partial charge in [-0.2, -0.15) is 0 Å². The van der Waals surface area contributed by atoms with Crippen molar-refractivity contribution in [3.05, 3.63) is 119 Å². The minimum atomic E-state index is -1.33. The SMILES string of the molecule is O=CN1C[C@H]2OC(CSc3nnnn3CC(=O)NOC(c3ccccc3)(c3ccccc3)c3ccccc3)=C(C(=O)O)N3C(=O)[C@@H]1[C@@H]23.[H-].[Na+]. The third-order valence-electron chi connectivity index (χ3n) is 8.36. The molecule has 3 atom stereocenters. The van der Waals surface area contributed by atoms with Crippen LogP contribution in [0.5, 0.6) is 0 Å². The molecule has 0 aliphatic carbocycles. The molecular formula is C32H28N7NaO7S. The second kappa shape index (κ2) is 13.9. The number of carbonyl (C=O) groups is 4. The van der Waals surface area contributed by atoms with Gasteiger partial charge in [0, 0.05) is 0 Å². The molecule has 4 aromatic rings. The minimum absolute atomic E-state index is 0. The van der Waals surface area contributed by atoms with E-state index < -0.39 is 41.6 Å². The second-order valence-corrected chi connectivity index (χ2v) is 11.9. The van der Waals surface area contributed by atoms with Gasteiger partial charge in [-0.25, -0.2) is 15.0 Å². The van der Waals surface area contributed by atoms with Crippen LogP contribution in [0.1, 0.15) is 18.1 Å². The fourth-order valence-corrected chi connectivity index (χ4v) is 7.14. The van der Waals surface area contributed by atoms with Gasteiger partial charge in [-0.1, -0.05) is 103 Å². The molecule has 3 aliphatic heterocycles. The van der Waals surface area contributed by atoms with Gasteiger partial charge in [0.05, 0.1) is 12.3 Å². The molecule has 2 fully saturated rings. The van der Waals surface area contributed by atoms with Crippen molar-refractivity contribution in [2.45, 2.75) is 35.5 Å². The number of ether oxygens (including phenoxy) is 1. The molecule has 4 heterocycles. The van der Waals surface area contributed by atoms with Crippen molar-refractivity contribution < 1.29 is 64.8 Å². The summed E-state index contributed by atoms with van der Waals surface area (Å²) in [6.07, 6.45) is 0.0165. The molecule has 0 spiro atoms. The predicted molar refractivity (Wildman–Crippen MR) is 165 cm³/mol. The Labute approximate surface area is 301 Å². The van der Waals surface area contributed by atoms with Crippen molar-refractivity contribution in [1.82, 2.24) is 35.5 Å². The topological polar surface area (TPSA) is 169 Å². The van der Waals surface area contributed by atoms with Crippen molar-refractivity contribution in [3.8, 4) is 0 Å². The summed E-state index contributed by atoms with van der Waals surface area (Å²) in [6, 6.07) is 27.4. The van der Waals surface area contributed by atoms with E-state index in [0.29, 0.717) is 6.41 Å². The summed E-state index contributed by atoms with van der Waals surface area (Å²) in [4.78, 5) is 58.7. The molecule has 7 rings (SSSR count). The number of benzene rings is 3. The van der Waals surface area contributed by atoms with Crippen LogP contribution in [0.2, 0.25) is 0 Å². The van der Waals surface area contributed by atoms with Crippen LogP contribution in [0, 0.1) is 0 Å². The number of tetrazole rings is 1. The maximum absolute atomic E-state index is 13.4. The van der Waals surface area contributed by atoms with Gasteiger partial charge in [0.2, 0.25) is 11.6 Å². The molecule has 3 aliphatic rings. The first-order valence-corrected chi connectivity index (χ1v) is 15.6. The molecule has 14 nitrogen and oxygen atoms in total. The van der Waals surface area contributed by atoms with Crippen molar-refractivity contribution in [2.24, 2.45) is 0 Å². The van der Waals surface area contributed by atoms with Crippen LogP contribution >= 0.6 is 11.8 Å². The molecule has 0 saturated carbocycles. The van der Waals surface area contributed by atoms with Gasteiger partial charge in [-0.05, 0) is 27.1 Å². The molecule has 0 unspecified atom stereocenters. The molecule has 3 amide bonds. The first kappa shape index (κ1) is 33.4. The van der Waals surface area contributed by atoms with Crippen LogP contribution in [0.15, 0.2) is 108 Å². The van der Waals surface area contributed by atoms with Crippen molar-refractivity contribution in [3.63, 3.8) is 0 Å². The Kier molecular flexibility index (Phi) is 9.66. The normalized spacial score (nSPS) is 19.5. The number of carboxylic acids is 1. The maximum Gasteiger partial charge on any atom is 1.00 e. The third-order valence-corrected chi connectivity index (χ3v) is 9.32. The molecule has 2 saturated heterocycles. The molecule has 0 radical (unpaired) electrons. The smallest absolute Gasteiger partial charge is 1.00 e. The summed E-state index contributed by atoms with van der Waals surface area (Å²) in [7, 11) is 0. The molecular weight excluding hydrogens is 649 g/mol. The van der Waals surface area contributed by atoms with Crippen molar-refractivity contribution >= 4 is 36.0 Å². The third kappa shape index (κ3) is 5.77. The van der Waals surface area contributed by atoms with E-state index in [4.69, 9.17) is 9.57 Å². The monoisotopic (exact) mass is 677 g/mol. The molecule has 48 heavy (non-hydrogen) atoms. The Bertz CT molecular complexity index is 1770.